The summed E-state index contributed by atoms with van der Waals surface area (Å²) in [6.07, 6.45) is 0. The zero-order valence-electron chi connectivity index (χ0n) is 17.5. The van der Waals surface area contributed by atoms with Crippen LogP contribution in [-0.2, 0) is 0 Å². The molecule has 0 saturated carbocycles. The number of benzene rings is 2. The molecule has 1 amide bonds. The van der Waals surface area contributed by atoms with Crippen LogP contribution in [0.25, 0.3) is 0 Å². The van der Waals surface area contributed by atoms with E-state index in [1.807, 2.05) is 52.8 Å². The third-order valence-corrected chi connectivity index (χ3v) is 4.37. The van der Waals surface area contributed by atoms with Crippen molar-refractivity contribution in [2.75, 3.05) is 25.1 Å². The van der Waals surface area contributed by atoms with Gasteiger partial charge in [0.1, 0.15) is 0 Å². The highest BCUT2D eigenvalue weighted by Gasteiger charge is 2.19. The molecule has 6 nitrogen and oxygen atoms in total. The Balaban J connectivity index is 2.21. The van der Waals surface area contributed by atoms with Crippen LogP contribution in [0.2, 0.25) is 0 Å². The lowest BCUT2D eigenvalue weighted by atomic mass is 10.1. The monoisotopic (exact) mass is 416 g/mol. The normalized spacial score (nSPS) is 10.2. The van der Waals surface area contributed by atoms with Crippen LogP contribution in [0.15, 0.2) is 30.3 Å². The fourth-order valence-corrected chi connectivity index (χ4v) is 2.89. The van der Waals surface area contributed by atoms with Gasteiger partial charge in [-0.3, -0.25) is 10.1 Å². The summed E-state index contributed by atoms with van der Waals surface area (Å²) in [7, 11) is 0. The molecule has 2 aromatic rings. The Kier molecular flexibility index (Phi) is 8.27. The van der Waals surface area contributed by atoms with E-state index in [4.69, 9.17) is 26.4 Å². The molecule has 2 aromatic carbocycles. The van der Waals surface area contributed by atoms with Gasteiger partial charge in [0.25, 0.3) is 5.91 Å². The number of nitrogens with one attached hydrogen (secondary N) is 2. The number of anilines is 1. The highest BCUT2D eigenvalue weighted by atomic mass is 32.1. The van der Waals surface area contributed by atoms with Crippen LogP contribution in [0.4, 0.5) is 5.69 Å². The van der Waals surface area contributed by atoms with Crippen molar-refractivity contribution in [3.63, 3.8) is 0 Å². The number of hydrogen-bond acceptors (Lipinski definition) is 5. The fraction of sp³-hybridized carbons (Fsp3) is 0.364. The summed E-state index contributed by atoms with van der Waals surface area (Å²) in [6, 6.07) is 9.15. The Bertz CT molecular complexity index is 856. The predicted octanol–water partition coefficient (Wildman–Crippen LogP) is 4.63. The van der Waals surface area contributed by atoms with Gasteiger partial charge in [0, 0.05) is 11.3 Å². The summed E-state index contributed by atoms with van der Waals surface area (Å²) in [5, 5.41) is 5.94. The van der Waals surface area contributed by atoms with Crippen LogP contribution < -0.4 is 24.8 Å². The summed E-state index contributed by atoms with van der Waals surface area (Å²) in [4.78, 5) is 12.8. The average Bonchev–Trinajstić information content (AvgIpc) is 2.67. The Morgan fingerprint density at radius 3 is 2.00 bits per heavy atom. The Morgan fingerprint density at radius 2 is 1.48 bits per heavy atom. The van der Waals surface area contributed by atoms with Crippen molar-refractivity contribution in [2.24, 2.45) is 0 Å². The van der Waals surface area contributed by atoms with Crippen LogP contribution in [0.3, 0.4) is 0 Å². The van der Waals surface area contributed by atoms with Crippen molar-refractivity contribution in [1.29, 1.82) is 0 Å². The van der Waals surface area contributed by atoms with Gasteiger partial charge in [-0.15, -0.1) is 0 Å². The second-order valence-electron chi connectivity index (χ2n) is 6.31. The van der Waals surface area contributed by atoms with Gasteiger partial charge in [0.2, 0.25) is 5.75 Å². The van der Waals surface area contributed by atoms with Gasteiger partial charge < -0.3 is 19.5 Å². The van der Waals surface area contributed by atoms with E-state index >= 15 is 0 Å². The Morgan fingerprint density at radius 1 is 0.897 bits per heavy atom. The molecular formula is C22H28N2O4S. The van der Waals surface area contributed by atoms with Gasteiger partial charge in [-0.1, -0.05) is 6.07 Å². The molecule has 0 unspecified atom stereocenters. The summed E-state index contributed by atoms with van der Waals surface area (Å²) < 4.78 is 17.0. The first kappa shape index (κ1) is 22.5. The van der Waals surface area contributed by atoms with E-state index in [0.717, 1.165) is 11.3 Å². The number of amides is 1. The maximum atomic E-state index is 12.8. The van der Waals surface area contributed by atoms with Gasteiger partial charge in [0.15, 0.2) is 16.6 Å². The zero-order chi connectivity index (χ0) is 21.4. The lowest BCUT2D eigenvalue weighted by molar-refractivity contribution is 0.0976. The molecular weight excluding hydrogens is 388 g/mol. The standard InChI is InChI=1S/C22H28N2O4S/c1-6-26-18-12-16(13-19(27-7-2)20(18)28-8-3)21(25)24-22(29)23-17-10-9-14(4)15(5)11-17/h9-13H,6-8H2,1-5H3,(H2,23,24,25,29). The number of rotatable bonds is 8. The number of hydrogen-bond donors (Lipinski definition) is 2. The molecule has 2 rings (SSSR count). The maximum absolute atomic E-state index is 12.8. The number of ether oxygens (including phenoxy) is 3. The van der Waals surface area contributed by atoms with E-state index in [2.05, 4.69) is 10.6 Å². The Hall–Kier alpha value is -2.80. The molecule has 0 bridgehead atoms. The average molecular weight is 417 g/mol. The molecule has 0 heterocycles. The van der Waals surface area contributed by atoms with E-state index in [-0.39, 0.29) is 11.0 Å². The quantitative estimate of drug-likeness (QED) is 0.612. The first-order valence-corrected chi connectivity index (χ1v) is 10.1. The molecule has 0 saturated heterocycles. The SMILES string of the molecule is CCOc1cc(C(=O)NC(=S)Nc2ccc(C)c(C)c2)cc(OCC)c1OCC. The molecule has 0 spiro atoms. The van der Waals surface area contributed by atoms with Crippen molar-refractivity contribution < 1.29 is 19.0 Å². The smallest absolute Gasteiger partial charge is 0.257 e. The molecule has 0 aliphatic carbocycles. The summed E-state index contributed by atoms with van der Waals surface area (Å²) in [5.41, 5.74) is 3.50. The lowest BCUT2D eigenvalue weighted by Gasteiger charge is -2.17. The van der Waals surface area contributed by atoms with Crippen LogP contribution in [0.1, 0.15) is 42.3 Å². The lowest BCUT2D eigenvalue weighted by Crippen LogP contribution is -2.34. The molecule has 0 radical (unpaired) electrons. The van der Waals surface area contributed by atoms with Crippen molar-refractivity contribution in [3.05, 3.63) is 47.0 Å². The summed E-state index contributed by atoms with van der Waals surface area (Å²) in [6.45, 7) is 11.0. The summed E-state index contributed by atoms with van der Waals surface area (Å²) >= 11 is 5.29. The van der Waals surface area contributed by atoms with Gasteiger partial charge >= 0.3 is 0 Å². The third-order valence-electron chi connectivity index (χ3n) is 4.16. The molecule has 29 heavy (non-hydrogen) atoms. The second kappa shape index (κ2) is 10.7. The third kappa shape index (κ3) is 6.09. The molecule has 156 valence electrons. The molecule has 0 atom stereocenters. The fourth-order valence-electron chi connectivity index (χ4n) is 2.68. The van der Waals surface area contributed by atoms with Crippen LogP contribution in [-0.4, -0.2) is 30.8 Å². The highest BCUT2D eigenvalue weighted by molar-refractivity contribution is 7.80. The number of thiocarbonyl (C=S) groups is 1. The van der Waals surface area contributed by atoms with Crippen LogP contribution in [0.5, 0.6) is 17.2 Å². The summed E-state index contributed by atoms with van der Waals surface area (Å²) in [5.74, 6) is 1.04. The molecule has 7 heteroatoms. The molecule has 0 aromatic heterocycles. The van der Waals surface area contributed by atoms with Crippen LogP contribution in [0, 0.1) is 13.8 Å². The highest BCUT2D eigenvalue weighted by Crippen LogP contribution is 2.39. The van der Waals surface area contributed by atoms with E-state index < -0.39 is 0 Å². The van der Waals surface area contributed by atoms with Crippen molar-refractivity contribution in [2.45, 2.75) is 34.6 Å². The minimum Gasteiger partial charge on any atom is -0.490 e. The maximum Gasteiger partial charge on any atom is 0.257 e. The van der Waals surface area contributed by atoms with Crippen molar-refractivity contribution in [3.8, 4) is 17.2 Å². The molecule has 2 N–H and O–H groups in total. The molecule has 0 fully saturated rings. The zero-order valence-corrected chi connectivity index (χ0v) is 18.4. The first-order valence-electron chi connectivity index (χ1n) is 9.65. The van der Waals surface area contributed by atoms with Gasteiger partial charge in [-0.25, -0.2) is 0 Å². The molecule has 0 aliphatic rings. The molecule has 0 aliphatic heterocycles. The minimum absolute atomic E-state index is 0.211. The van der Waals surface area contributed by atoms with E-state index in [1.165, 1.54) is 5.56 Å². The number of carbonyl (C=O) groups excluding carboxylic acids is 1. The topological polar surface area (TPSA) is 68.8 Å². The van der Waals surface area contributed by atoms with Gasteiger partial charge in [-0.2, -0.15) is 0 Å². The number of aryl methyl sites for hydroxylation is 2. The number of carbonyl (C=O) groups is 1. The van der Waals surface area contributed by atoms with Crippen molar-refractivity contribution in [1.82, 2.24) is 5.32 Å². The van der Waals surface area contributed by atoms with E-state index in [1.54, 1.807) is 12.1 Å². The van der Waals surface area contributed by atoms with Gasteiger partial charge in [-0.05, 0) is 82.2 Å². The Labute approximate surface area is 177 Å². The van der Waals surface area contributed by atoms with E-state index in [9.17, 15) is 4.79 Å². The van der Waals surface area contributed by atoms with Gasteiger partial charge in [0.05, 0.1) is 19.8 Å². The first-order chi connectivity index (χ1) is 13.9. The second-order valence-corrected chi connectivity index (χ2v) is 6.72. The largest absolute Gasteiger partial charge is 0.490 e. The van der Waals surface area contributed by atoms with Crippen molar-refractivity contribution >= 4 is 28.9 Å². The van der Waals surface area contributed by atoms with E-state index in [0.29, 0.717) is 42.6 Å². The minimum atomic E-state index is -0.365. The van der Waals surface area contributed by atoms with Crippen LogP contribution >= 0.6 is 12.2 Å². The predicted molar refractivity (Wildman–Crippen MR) is 120 cm³/mol.